The zero-order valence-electron chi connectivity index (χ0n) is 10.7. The molecule has 18 heavy (non-hydrogen) atoms. The number of carboxylic acid groups (broad SMARTS) is 1. The predicted molar refractivity (Wildman–Crippen MR) is 66.5 cm³/mol. The number of ether oxygens (including phenoxy) is 1. The van der Waals surface area contributed by atoms with Gasteiger partial charge in [0.05, 0.1) is 0 Å². The molecule has 0 saturated carbocycles. The van der Waals surface area contributed by atoms with Gasteiger partial charge < -0.3 is 14.7 Å². The first-order valence-corrected chi connectivity index (χ1v) is 5.59. The lowest BCUT2D eigenvalue weighted by atomic mass is 10.2. The van der Waals surface area contributed by atoms with Crippen LogP contribution in [0.4, 0.5) is 0 Å². The van der Waals surface area contributed by atoms with Gasteiger partial charge in [-0.2, -0.15) is 0 Å². The van der Waals surface area contributed by atoms with Gasteiger partial charge in [0, 0.05) is 7.05 Å². The lowest BCUT2D eigenvalue weighted by Gasteiger charge is -2.21. The highest BCUT2D eigenvalue weighted by molar-refractivity contribution is 5.84. The molecule has 1 N–H and O–H groups in total. The normalized spacial score (nSPS) is 11.7. The molecule has 5 nitrogen and oxygen atoms in total. The molecule has 0 saturated heterocycles. The van der Waals surface area contributed by atoms with Gasteiger partial charge in [-0.1, -0.05) is 17.7 Å². The number of aryl methyl sites for hydroxylation is 1. The molecule has 1 unspecified atom stereocenters. The van der Waals surface area contributed by atoms with Crippen molar-refractivity contribution in [2.75, 3.05) is 13.7 Å². The summed E-state index contributed by atoms with van der Waals surface area (Å²) in [5.74, 6) is -0.822. The van der Waals surface area contributed by atoms with Crippen LogP contribution in [0.1, 0.15) is 12.5 Å². The van der Waals surface area contributed by atoms with Gasteiger partial charge in [0.15, 0.2) is 6.61 Å². The first-order chi connectivity index (χ1) is 8.41. The summed E-state index contributed by atoms with van der Waals surface area (Å²) in [5.41, 5.74) is 1.10. The number of amides is 1. The van der Waals surface area contributed by atoms with Gasteiger partial charge in [-0.15, -0.1) is 0 Å². The Labute approximate surface area is 106 Å². The molecule has 1 rings (SSSR count). The summed E-state index contributed by atoms with van der Waals surface area (Å²) in [6, 6.07) is 6.43. The van der Waals surface area contributed by atoms with E-state index in [1.54, 1.807) is 12.1 Å². The second kappa shape index (κ2) is 6.05. The molecule has 1 aromatic carbocycles. The number of likely N-dealkylation sites (N-methyl/N-ethyl adjacent to an activating group) is 1. The molecule has 0 aliphatic heterocycles. The Morgan fingerprint density at radius 1 is 1.33 bits per heavy atom. The number of nitrogens with zero attached hydrogens (tertiary/aromatic N) is 1. The molecule has 98 valence electrons. The minimum absolute atomic E-state index is 0.169. The number of hydrogen-bond donors (Lipinski definition) is 1. The summed E-state index contributed by atoms with van der Waals surface area (Å²) in [7, 11) is 1.44. The third kappa shape index (κ3) is 3.76. The molecule has 0 bridgehead atoms. The fourth-order valence-corrected chi connectivity index (χ4v) is 1.26. The van der Waals surface area contributed by atoms with Gasteiger partial charge in [-0.3, -0.25) is 4.79 Å². The van der Waals surface area contributed by atoms with E-state index in [4.69, 9.17) is 9.84 Å². The van der Waals surface area contributed by atoms with Gasteiger partial charge in [0.2, 0.25) is 0 Å². The maximum atomic E-state index is 11.7. The molecular weight excluding hydrogens is 234 g/mol. The monoisotopic (exact) mass is 251 g/mol. The molecule has 0 heterocycles. The van der Waals surface area contributed by atoms with Crippen molar-refractivity contribution in [2.24, 2.45) is 0 Å². The number of rotatable bonds is 5. The highest BCUT2D eigenvalue weighted by atomic mass is 16.5. The number of benzene rings is 1. The lowest BCUT2D eigenvalue weighted by Crippen LogP contribution is -2.42. The highest BCUT2D eigenvalue weighted by Gasteiger charge is 2.21. The van der Waals surface area contributed by atoms with Crippen LogP contribution in [0.3, 0.4) is 0 Å². The largest absolute Gasteiger partial charge is 0.484 e. The molecule has 0 aromatic heterocycles. The van der Waals surface area contributed by atoms with E-state index >= 15 is 0 Å². The second-order valence-electron chi connectivity index (χ2n) is 4.12. The van der Waals surface area contributed by atoms with Crippen molar-refractivity contribution in [3.8, 4) is 5.75 Å². The van der Waals surface area contributed by atoms with E-state index in [-0.39, 0.29) is 12.5 Å². The van der Waals surface area contributed by atoms with Gasteiger partial charge in [-0.05, 0) is 26.0 Å². The van der Waals surface area contributed by atoms with E-state index in [2.05, 4.69) is 0 Å². The Balaban J connectivity index is 2.50. The smallest absolute Gasteiger partial charge is 0.326 e. The first-order valence-electron chi connectivity index (χ1n) is 5.59. The molecule has 0 aliphatic carbocycles. The molecule has 1 aromatic rings. The Hall–Kier alpha value is -2.04. The van der Waals surface area contributed by atoms with E-state index in [0.717, 1.165) is 10.5 Å². The van der Waals surface area contributed by atoms with E-state index in [1.165, 1.54) is 14.0 Å². The second-order valence-corrected chi connectivity index (χ2v) is 4.12. The standard InChI is InChI=1S/C13H17NO4/c1-9-4-6-11(7-5-9)18-8-12(15)14(3)10(2)13(16)17/h4-7,10H,8H2,1-3H3,(H,16,17). The van der Waals surface area contributed by atoms with E-state index in [1.807, 2.05) is 19.1 Å². The quantitative estimate of drug-likeness (QED) is 0.856. The average Bonchev–Trinajstić information content (AvgIpc) is 2.35. The zero-order valence-corrected chi connectivity index (χ0v) is 10.7. The third-order valence-corrected chi connectivity index (χ3v) is 2.72. The molecule has 0 fully saturated rings. The Morgan fingerprint density at radius 2 is 1.89 bits per heavy atom. The fraction of sp³-hybridized carbons (Fsp3) is 0.385. The SMILES string of the molecule is Cc1ccc(OCC(=O)N(C)C(C)C(=O)O)cc1. The van der Waals surface area contributed by atoms with E-state index in [0.29, 0.717) is 5.75 Å². The minimum Gasteiger partial charge on any atom is -0.484 e. The Morgan fingerprint density at radius 3 is 2.39 bits per heavy atom. The molecule has 1 atom stereocenters. The molecule has 0 radical (unpaired) electrons. The topological polar surface area (TPSA) is 66.8 Å². The molecular formula is C13H17NO4. The minimum atomic E-state index is -1.04. The summed E-state index contributed by atoms with van der Waals surface area (Å²) in [6.45, 7) is 3.24. The Bertz CT molecular complexity index is 427. The first kappa shape index (κ1) is 14.0. The highest BCUT2D eigenvalue weighted by Crippen LogP contribution is 2.11. The van der Waals surface area contributed by atoms with Crippen LogP contribution in [0.5, 0.6) is 5.75 Å². The van der Waals surface area contributed by atoms with Crippen LogP contribution >= 0.6 is 0 Å². The summed E-state index contributed by atoms with van der Waals surface area (Å²) < 4.78 is 5.29. The molecule has 0 spiro atoms. The van der Waals surface area contributed by atoms with Gasteiger partial charge >= 0.3 is 5.97 Å². The van der Waals surface area contributed by atoms with Crippen LogP contribution in [0.25, 0.3) is 0 Å². The molecule has 1 amide bonds. The number of carboxylic acids is 1. The van der Waals surface area contributed by atoms with Crippen LogP contribution in [-0.4, -0.2) is 41.6 Å². The van der Waals surface area contributed by atoms with Crippen LogP contribution in [0.2, 0.25) is 0 Å². The van der Waals surface area contributed by atoms with Crippen LogP contribution in [-0.2, 0) is 9.59 Å². The zero-order chi connectivity index (χ0) is 13.7. The summed E-state index contributed by atoms with van der Waals surface area (Å²) >= 11 is 0. The number of carbonyl (C=O) groups excluding carboxylic acids is 1. The maximum Gasteiger partial charge on any atom is 0.326 e. The fourth-order valence-electron chi connectivity index (χ4n) is 1.26. The average molecular weight is 251 g/mol. The number of carbonyl (C=O) groups is 2. The molecule has 0 aliphatic rings. The third-order valence-electron chi connectivity index (χ3n) is 2.72. The number of aliphatic carboxylic acids is 1. The van der Waals surface area contributed by atoms with Crippen molar-refractivity contribution in [3.05, 3.63) is 29.8 Å². The van der Waals surface area contributed by atoms with E-state index in [9.17, 15) is 9.59 Å². The van der Waals surface area contributed by atoms with Crippen molar-refractivity contribution in [3.63, 3.8) is 0 Å². The van der Waals surface area contributed by atoms with Gasteiger partial charge in [-0.25, -0.2) is 4.79 Å². The van der Waals surface area contributed by atoms with Crippen molar-refractivity contribution in [1.82, 2.24) is 4.90 Å². The van der Waals surface area contributed by atoms with Gasteiger partial charge in [0.25, 0.3) is 5.91 Å². The van der Waals surface area contributed by atoms with Crippen LogP contribution in [0, 0.1) is 6.92 Å². The summed E-state index contributed by atoms with van der Waals surface area (Å²) in [5, 5.41) is 8.78. The lowest BCUT2D eigenvalue weighted by molar-refractivity contribution is -0.148. The summed E-state index contributed by atoms with van der Waals surface area (Å²) in [6.07, 6.45) is 0. The molecule has 5 heteroatoms. The van der Waals surface area contributed by atoms with Crippen molar-refractivity contribution < 1.29 is 19.4 Å². The maximum absolute atomic E-state index is 11.7. The van der Waals surface area contributed by atoms with Crippen molar-refractivity contribution >= 4 is 11.9 Å². The van der Waals surface area contributed by atoms with E-state index < -0.39 is 12.0 Å². The number of hydrogen-bond acceptors (Lipinski definition) is 3. The van der Waals surface area contributed by atoms with Crippen LogP contribution in [0.15, 0.2) is 24.3 Å². The summed E-state index contributed by atoms with van der Waals surface area (Å²) in [4.78, 5) is 23.5. The predicted octanol–water partition coefficient (Wildman–Crippen LogP) is 1.31. The van der Waals surface area contributed by atoms with Crippen molar-refractivity contribution in [1.29, 1.82) is 0 Å². The van der Waals surface area contributed by atoms with Gasteiger partial charge in [0.1, 0.15) is 11.8 Å². The van der Waals surface area contributed by atoms with Crippen LogP contribution < -0.4 is 4.74 Å². The Kier molecular flexibility index (Phi) is 4.71. The van der Waals surface area contributed by atoms with Crippen molar-refractivity contribution in [2.45, 2.75) is 19.9 Å².